The normalized spacial score (nSPS) is 22.4. The average Bonchev–Trinajstić information content (AvgIpc) is 2.97. The third-order valence-corrected chi connectivity index (χ3v) is 4.33. The summed E-state index contributed by atoms with van der Waals surface area (Å²) in [7, 11) is 0. The van der Waals surface area contributed by atoms with Gasteiger partial charge >= 0.3 is 0 Å². The van der Waals surface area contributed by atoms with Gasteiger partial charge in [-0.25, -0.2) is 0 Å². The van der Waals surface area contributed by atoms with E-state index in [-0.39, 0.29) is 11.8 Å². The molecule has 1 aromatic rings. The molecule has 1 fully saturated rings. The SMILES string of the molecule is CC(C(=O)N1CCC(CN)C1)c1cccs1. The highest BCUT2D eigenvalue weighted by Gasteiger charge is 2.29. The van der Waals surface area contributed by atoms with Crippen molar-refractivity contribution in [3.05, 3.63) is 22.4 Å². The van der Waals surface area contributed by atoms with E-state index in [1.54, 1.807) is 11.3 Å². The van der Waals surface area contributed by atoms with Crippen LogP contribution in [-0.2, 0) is 4.79 Å². The van der Waals surface area contributed by atoms with E-state index in [1.165, 1.54) is 0 Å². The summed E-state index contributed by atoms with van der Waals surface area (Å²) in [6, 6.07) is 4.03. The van der Waals surface area contributed by atoms with Crippen molar-refractivity contribution in [2.24, 2.45) is 11.7 Å². The Balaban J connectivity index is 1.98. The van der Waals surface area contributed by atoms with Crippen LogP contribution in [0.5, 0.6) is 0 Å². The Bertz CT molecular complexity index is 350. The summed E-state index contributed by atoms with van der Waals surface area (Å²) in [5.41, 5.74) is 5.63. The van der Waals surface area contributed by atoms with E-state index in [4.69, 9.17) is 5.73 Å². The summed E-state index contributed by atoms with van der Waals surface area (Å²) in [4.78, 5) is 15.3. The second kappa shape index (κ2) is 4.97. The molecule has 0 bridgehead atoms. The fraction of sp³-hybridized carbons (Fsp3) is 0.583. The Morgan fingerprint density at radius 1 is 1.75 bits per heavy atom. The zero-order valence-corrected chi connectivity index (χ0v) is 10.4. The van der Waals surface area contributed by atoms with Crippen molar-refractivity contribution in [1.82, 2.24) is 4.90 Å². The Hall–Kier alpha value is -0.870. The van der Waals surface area contributed by atoms with Crippen LogP contribution < -0.4 is 5.73 Å². The lowest BCUT2D eigenvalue weighted by atomic mass is 10.1. The molecule has 3 nitrogen and oxygen atoms in total. The van der Waals surface area contributed by atoms with Crippen LogP contribution in [0.2, 0.25) is 0 Å². The first-order valence-corrected chi connectivity index (χ1v) is 6.62. The molecule has 1 aromatic heterocycles. The molecule has 1 saturated heterocycles. The number of nitrogens with zero attached hydrogens (tertiary/aromatic N) is 1. The molecule has 0 aliphatic carbocycles. The molecule has 2 atom stereocenters. The van der Waals surface area contributed by atoms with Crippen LogP contribution in [0.3, 0.4) is 0 Å². The van der Waals surface area contributed by atoms with Crippen LogP contribution in [0.25, 0.3) is 0 Å². The molecular formula is C12H18N2OS. The number of likely N-dealkylation sites (tertiary alicyclic amines) is 1. The minimum absolute atomic E-state index is 0.00322. The molecule has 1 amide bonds. The van der Waals surface area contributed by atoms with E-state index in [0.29, 0.717) is 12.5 Å². The predicted molar refractivity (Wildman–Crippen MR) is 66.5 cm³/mol. The van der Waals surface area contributed by atoms with E-state index >= 15 is 0 Å². The van der Waals surface area contributed by atoms with Gasteiger partial charge in [0.2, 0.25) is 5.91 Å². The Morgan fingerprint density at radius 2 is 2.56 bits per heavy atom. The van der Waals surface area contributed by atoms with Gasteiger partial charge in [0.1, 0.15) is 0 Å². The molecular weight excluding hydrogens is 220 g/mol. The molecule has 0 spiro atoms. The summed E-state index contributed by atoms with van der Waals surface area (Å²) < 4.78 is 0. The van der Waals surface area contributed by atoms with E-state index in [2.05, 4.69) is 0 Å². The number of hydrogen-bond donors (Lipinski definition) is 1. The first-order chi connectivity index (χ1) is 7.72. The summed E-state index contributed by atoms with van der Waals surface area (Å²) in [6.07, 6.45) is 1.05. The first-order valence-electron chi connectivity index (χ1n) is 5.74. The molecule has 16 heavy (non-hydrogen) atoms. The van der Waals surface area contributed by atoms with Gasteiger partial charge in [0.05, 0.1) is 5.92 Å². The lowest BCUT2D eigenvalue weighted by molar-refractivity contribution is -0.131. The van der Waals surface area contributed by atoms with Gasteiger partial charge in [0.15, 0.2) is 0 Å². The van der Waals surface area contributed by atoms with E-state index < -0.39 is 0 Å². The molecule has 4 heteroatoms. The molecule has 88 valence electrons. The molecule has 1 aliphatic heterocycles. The average molecular weight is 238 g/mol. The number of thiophene rings is 1. The number of carbonyl (C=O) groups is 1. The lowest BCUT2D eigenvalue weighted by Crippen LogP contribution is -2.32. The molecule has 0 aromatic carbocycles. The van der Waals surface area contributed by atoms with Crippen LogP contribution >= 0.6 is 11.3 Å². The van der Waals surface area contributed by atoms with Crippen molar-refractivity contribution < 1.29 is 4.79 Å². The number of rotatable bonds is 3. The maximum absolute atomic E-state index is 12.2. The van der Waals surface area contributed by atoms with Crippen molar-refractivity contribution in [3.63, 3.8) is 0 Å². The number of carbonyl (C=O) groups excluding carboxylic acids is 1. The molecule has 2 heterocycles. The Labute approximate surface area is 100 Å². The zero-order chi connectivity index (χ0) is 11.5. The minimum Gasteiger partial charge on any atom is -0.342 e. The molecule has 2 unspecified atom stereocenters. The Morgan fingerprint density at radius 3 is 3.12 bits per heavy atom. The predicted octanol–water partition coefficient (Wildman–Crippen LogP) is 1.66. The van der Waals surface area contributed by atoms with Gasteiger partial charge in [-0.05, 0) is 37.3 Å². The van der Waals surface area contributed by atoms with Gasteiger partial charge in [-0.1, -0.05) is 6.07 Å². The second-order valence-electron chi connectivity index (χ2n) is 4.41. The highest BCUT2D eigenvalue weighted by molar-refractivity contribution is 7.10. The monoisotopic (exact) mass is 238 g/mol. The third kappa shape index (κ3) is 2.28. The molecule has 1 aliphatic rings. The summed E-state index contributed by atoms with van der Waals surface area (Å²) in [5, 5.41) is 2.02. The van der Waals surface area contributed by atoms with Gasteiger partial charge < -0.3 is 10.6 Å². The largest absolute Gasteiger partial charge is 0.342 e. The molecule has 2 rings (SSSR count). The van der Waals surface area contributed by atoms with Crippen molar-refractivity contribution >= 4 is 17.2 Å². The van der Waals surface area contributed by atoms with Crippen molar-refractivity contribution in [1.29, 1.82) is 0 Å². The second-order valence-corrected chi connectivity index (χ2v) is 5.39. The van der Waals surface area contributed by atoms with Gasteiger partial charge in [-0.2, -0.15) is 0 Å². The standard InChI is InChI=1S/C12H18N2OS/c1-9(11-3-2-6-16-11)12(15)14-5-4-10(7-13)8-14/h2-3,6,9-10H,4-5,7-8,13H2,1H3. The summed E-state index contributed by atoms with van der Waals surface area (Å²) >= 11 is 1.65. The Kier molecular flexibility index (Phi) is 3.61. The van der Waals surface area contributed by atoms with Crippen LogP contribution in [-0.4, -0.2) is 30.4 Å². The quantitative estimate of drug-likeness (QED) is 0.870. The van der Waals surface area contributed by atoms with Gasteiger partial charge in [-0.3, -0.25) is 4.79 Å². The van der Waals surface area contributed by atoms with Crippen LogP contribution in [0, 0.1) is 5.92 Å². The zero-order valence-electron chi connectivity index (χ0n) is 9.56. The van der Waals surface area contributed by atoms with Crippen LogP contribution in [0.15, 0.2) is 17.5 Å². The third-order valence-electron chi connectivity index (χ3n) is 3.27. The summed E-state index contributed by atoms with van der Waals surface area (Å²) in [5.74, 6) is 0.745. The van der Waals surface area contributed by atoms with E-state index in [1.807, 2.05) is 29.3 Å². The van der Waals surface area contributed by atoms with Crippen molar-refractivity contribution in [2.75, 3.05) is 19.6 Å². The highest BCUT2D eigenvalue weighted by atomic mass is 32.1. The van der Waals surface area contributed by atoms with E-state index in [0.717, 1.165) is 24.4 Å². The maximum Gasteiger partial charge on any atom is 0.230 e. The van der Waals surface area contributed by atoms with Crippen LogP contribution in [0.1, 0.15) is 24.1 Å². The molecule has 0 saturated carbocycles. The highest BCUT2D eigenvalue weighted by Crippen LogP contribution is 2.25. The lowest BCUT2D eigenvalue weighted by Gasteiger charge is -2.20. The topological polar surface area (TPSA) is 46.3 Å². The van der Waals surface area contributed by atoms with Gasteiger partial charge in [0, 0.05) is 18.0 Å². The molecule has 0 radical (unpaired) electrons. The maximum atomic E-state index is 12.2. The summed E-state index contributed by atoms with van der Waals surface area (Å²) in [6.45, 7) is 4.39. The first kappa shape index (κ1) is 11.6. The number of nitrogens with two attached hydrogens (primary N) is 1. The molecule has 2 N–H and O–H groups in total. The fourth-order valence-corrected chi connectivity index (χ4v) is 2.93. The van der Waals surface area contributed by atoms with Gasteiger partial charge in [-0.15, -0.1) is 11.3 Å². The number of amides is 1. The smallest absolute Gasteiger partial charge is 0.230 e. The van der Waals surface area contributed by atoms with Crippen LogP contribution in [0.4, 0.5) is 0 Å². The van der Waals surface area contributed by atoms with Crippen molar-refractivity contribution in [2.45, 2.75) is 19.3 Å². The van der Waals surface area contributed by atoms with Gasteiger partial charge in [0.25, 0.3) is 0 Å². The fourth-order valence-electron chi connectivity index (χ4n) is 2.16. The number of hydrogen-bond acceptors (Lipinski definition) is 3. The van der Waals surface area contributed by atoms with E-state index in [9.17, 15) is 4.79 Å². The van der Waals surface area contributed by atoms with Crippen molar-refractivity contribution in [3.8, 4) is 0 Å². The minimum atomic E-state index is -0.00322.